The Labute approximate surface area is 170 Å². The zero-order valence-corrected chi connectivity index (χ0v) is 15.0. The van der Waals surface area contributed by atoms with Gasteiger partial charge in [-0.3, -0.25) is 0 Å². The van der Waals surface area contributed by atoms with Crippen molar-refractivity contribution in [1.82, 2.24) is 0 Å². The average molecular weight is 484 g/mol. The lowest BCUT2D eigenvalue weighted by molar-refractivity contribution is -0.527. The molecule has 0 spiro atoms. The first-order valence-corrected chi connectivity index (χ1v) is 8.23. The van der Waals surface area contributed by atoms with E-state index in [1.165, 1.54) is 0 Å². The number of halogens is 12. The average Bonchev–Trinajstić information content (AvgIpc) is 2.65. The molecule has 3 rings (SSSR count). The van der Waals surface area contributed by atoms with Crippen LogP contribution in [0.2, 0.25) is 0 Å². The van der Waals surface area contributed by atoms with E-state index in [0.717, 1.165) is 0 Å². The zero-order chi connectivity index (χ0) is 24.4. The summed E-state index contributed by atoms with van der Waals surface area (Å²) in [6.45, 7) is 0. The van der Waals surface area contributed by atoms with Gasteiger partial charge in [-0.25, -0.2) is 0 Å². The third kappa shape index (κ3) is 3.30. The van der Waals surface area contributed by atoms with E-state index in [9.17, 15) is 52.7 Å². The summed E-state index contributed by atoms with van der Waals surface area (Å²) < 4.78 is 169. The van der Waals surface area contributed by atoms with Crippen LogP contribution in [0.1, 0.15) is 11.1 Å². The fourth-order valence-electron chi connectivity index (χ4n) is 2.83. The Bertz CT molecular complexity index is 930. The van der Waals surface area contributed by atoms with Crippen molar-refractivity contribution in [1.29, 1.82) is 0 Å². The van der Waals surface area contributed by atoms with E-state index in [2.05, 4.69) is 9.47 Å². The van der Waals surface area contributed by atoms with Crippen molar-refractivity contribution in [2.24, 2.45) is 0 Å². The van der Waals surface area contributed by atoms with Crippen LogP contribution in [0.3, 0.4) is 0 Å². The predicted octanol–water partition coefficient (Wildman–Crippen LogP) is 6.80. The smallest absolute Gasteiger partial charge is 0.416 e. The van der Waals surface area contributed by atoms with E-state index < -0.39 is 58.5 Å². The monoisotopic (exact) mass is 484 g/mol. The lowest BCUT2D eigenvalue weighted by Gasteiger charge is -2.56. The first-order valence-electron chi connectivity index (χ1n) is 8.23. The lowest BCUT2D eigenvalue weighted by Crippen LogP contribution is -2.90. The molecule has 176 valence electrons. The van der Waals surface area contributed by atoms with E-state index in [0.29, 0.717) is 36.4 Å². The molecule has 0 aliphatic heterocycles. The highest BCUT2D eigenvalue weighted by atomic mass is 19.4. The highest BCUT2D eigenvalue weighted by Crippen LogP contribution is 2.68. The molecule has 1 fully saturated rings. The Morgan fingerprint density at radius 3 is 1.19 bits per heavy atom. The molecule has 14 heteroatoms. The molecular formula is C18H8F12O2. The van der Waals surface area contributed by atoms with Crippen molar-refractivity contribution >= 4 is 0 Å². The molecule has 0 heterocycles. The standard InChI is InChI=1S/C18H8F12O2/c19-13(20,21)9-3-1-5-11(7-9)31-18(16(27,28)15(25,26)17(18,29)30)32-12-6-2-4-10(8-12)14(22,23)24/h1-8H. The Balaban J connectivity index is 2.12. The molecule has 0 unspecified atom stereocenters. The van der Waals surface area contributed by atoms with Gasteiger partial charge < -0.3 is 9.47 Å². The van der Waals surface area contributed by atoms with E-state index in [1.807, 2.05) is 0 Å². The quantitative estimate of drug-likeness (QED) is 0.351. The number of ether oxygens (including phenoxy) is 2. The van der Waals surface area contributed by atoms with E-state index in [-0.39, 0.29) is 12.1 Å². The maximum absolute atomic E-state index is 14.2. The Morgan fingerprint density at radius 1 is 0.531 bits per heavy atom. The third-order valence-corrected chi connectivity index (χ3v) is 4.46. The van der Waals surface area contributed by atoms with Gasteiger partial charge in [0.2, 0.25) is 0 Å². The summed E-state index contributed by atoms with van der Waals surface area (Å²) in [6.07, 6.45) is -10.2. The van der Waals surface area contributed by atoms with E-state index in [1.54, 1.807) is 0 Å². The molecule has 0 radical (unpaired) electrons. The van der Waals surface area contributed by atoms with Gasteiger partial charge in [-0.05, 0) is 36.4 Å². The van der Waals surface area contributed by atoms with Gasteiger partial charge in [-0.1, -0.05) is 12.1 Å². The minimum Gasteiger partial charge on any atom is -0.442 e. The van der Waals surface area contributed by atoms with Crippen LogP contribution in [0.5, 0.6) is 11.5 Å². The van der Waals surface area contributed by atoms with E-state index >= 15 is 0 Å². The summed E-state index contributed by atoms with van der Waals surface area (Å²) in [5.74, 6) is -25.5. The number of hydrogen-bond donors (Lipinski definition) is 0. The van der Waals surface area contributed by atoms with Crippen molar-refractivity contribution in [3.05, 3.63) is 59.7 Å². The summed E-state index contributed by atoms with van der Waals surface area (Å²) in [6, 6.07) is 2.74. The highest BCUT2D eigenvalue weighted by Gasteiger charge is 3.03. The second-order valence-electron chi connectivity index (χ2n) is 6.60. The fraction of sp³-hybridized carbons (Fsp3) is 0.333. The SMILES string of the molecule is FC(F)(F)c1cccc(OC2(Oc3cccc(C(F)(F)F)c3)C(F)(F)C(F)(F)C2(F)F)c1. The minimum absolute atomic E-state index is 0.0418. The van der Waals surface area contributed by atoms with Crippen molar-refractivity contribution in [3.63, 3.8) is 0 Å². The van der Waals surface area contributed by atoms with Gasteiger partial charge in [0.1, 0.15) is 11.5 Å². The molecule has 0 saturated heterocycles. The Hall–Kier alpha value is -2.80. The number of alkyl halides is 12. The Morgan fingerprint density at radius 2 is 0.875 bits per heavy atom. The van der Waals surface area contributed by atoms with Crippen LogP contribution >= 0.6 is 0 Å². The minimum atomic E-state index is -6.09. The molecule has 0 amide bonds. The van der Waals surface area contributed by atoms with Crippen molar-refractivity contribution < 1.29 is 62.2 Å². The molecule has 1 aliphatic carbocycles. The molecule has 2 aromatic rings. The zero-order valence-electron chi connectivity index (χ0n) is 15.0. The molecule has 0 atom stereocenters. The maximum Gasteiger partial charge on any atom is 0.416 e. The van der Waals surface area contributed by atoms with Gasteiger partial charge >= 0.3 is 35.9 Å². The Kier molecular flexibility index (Phi) is 5.10. The van der Waals surface area contributed by atoms with Crippen LogP contribution < -0.4 is 9.47 Å². The van der Waals surface area contributed by atoms with Crippen LogP contribution in [0, 0.1) is 0 Å². The van der Waals surface area contributed by atoms with Crippen LogP contribution in [-0.4, -0.2) is 23.6 Å². The molecule has 0 aromatic heterocycles. The van der Waals surface area contributed by atoms with Crippen molar-refractivity contribution in [2.45, 2.75) is 35.9 Å². The van der Waals surface area contributed by atoms with Gasteiger partial charge in [0.15, 0.2) is 0 Å². The van der Waals surface area contributed by atoms with E-state index in [4.69, 9.17) is 0 Å². The molecule has 0 bridgehead atoms. The van der Waals surface area contributed by atoms with Gasteiger partial charge in [0.05, 0.1) is 11.1 Å². The molecule has 2 aromatic carbocycles. The third-order valence-electron chi connectivity index (χ3n) is 4.46. The topological polar surface area (TPSA) is 18.5 Å². The van der Waals surface area contributed by atoms with Gasteiger partial charge in [0.25, 0.3) is 0 Å². The van der Waals surface area contributed by atoms with Gasteiger partial charge in [0, 0.05) is 0 Å². The highest BCUT2D eigenvalue weighted by molar-refractivity contribution is 5.37. The molecule has 1 aliphatic rings. The van der Waals surface area contributed by atoms with Crippen LogP contribution in [0.25, 0.3) is 0 Å². The molecule has 2 nitrogen and oxygen atoms in total. The second kappa shape index (κ2) is 6.85. The predicted molar refractivity (Wildman–Crippen MR) is 81.7 cm³/mol. The summed E-state index contributed by atoms with van der Waals surface area (Å²) in [5, 5.41) is 0. The van der Waals surface area contributed by atoms with Crippen LogP contribution in [0.4, 0.5) is 52.7 Å². The van der Waals surface area contributed by atoms with Crippen LogP contribution in [-0.2, 0) is 12.4 Å². The molecule has 0 N–H and O–H groups in total. The van der Waals surface area contributed by atoms with Gasteiger partial charge in [-0.2, -0.15) is 52.7 Å². The second-order valence-corrected chi connectivity index (χ2v) is 6.60. The normalized spacial score (nSPS) is 20.9. The first-order chi connectivity index (χ1) is 14.4. The first kappa shape index (κ1) is 23.9. The molecule has 32 heavy (non-hydrogen) atoms. The summed E-state index contributed by atoms with van der Waals surface area (Å²) in [5.41, 5.74) is -3.14. The summed E-state index contributed by atoms with van der Waals surface area (Å²) in [4.78, 5) is 0. The van der Waals surface area contributed by atoms with Crippen LogP contribution in [0.15, 0.2) is 48.5 Å². The fourth-order valence-corrected chi connectivity index (χ4v) is 2.83. The van der Waals surface area contributed by atoms with Crippen molar-refractivity contribution in [2.75, 3.05) is 0 Å². The number of rotatable bonds is 4. The largest absolute Gasteiger partial charge is 0.442 e. The number of hydrogen-bond acceptors (Lipinski definition) is 2. The summed E-state index contributed by atoms with van der Waals surface area (Å²) >= 11 is 0. The van der Waals surface area contributed by atoms with Gasteiger partial charge in [-0.15, -0.1) is 0 Å². The number of benzene rings is 2. The molecule has 1 saturated carbocycles. The molecular weight excluding hydrogens is 476 g/mol. The maximum atomic E-state index is 14.2. The van der Waals surface area contributed by atoms with Crippen molar-refractivity contribution in [3.8, 4) is 11.5 Å². The summed E-state index contributed by atoms with van der Waals surface area (Å²) in [7, 11) is 0. The lowest BCUT2D eigenvalue weighted by atomic mass is 9.76.